The highest BCUT2D eigenvalue weighted by Gasteiger charge is 2.21. The first-order chi connectivity index (χ1) is 5.72. The van der Waals surface area contributed by atoms with Gasteiger partial charge < -0.3 is 14.2 Å². The van der Waals surface area contributed by atoms with Crippen molar-refractivity contribution in [3.05, 3.63) is 12.5 Å². The molecule has 0 aliphatic carbocycles. The van der Waals surface area contributed by atoms with Crippen LogP contribution in [0.15, 0.2) is 12.5 Å². The van der Waals surface area contributed by atoms with Crippen molar-refractivity contribution in [3.63, 3.8) is 0 Å². The standard InChI is InChI=1S/C8H12O4/c1-3-8(9)11-5-7-4-10-6(2)12-7/h7H,2-5H2,1H3. The fraction of sp³-hybridized carbons (Fsp3) is 0.625. The molecule has 0 aromatic rings. The molecule has 12 heavy (non-hydrogen) atoms. The highest BCUT2D eigenvalue weighted by Crippen LogP contribution is 2.12. The molecule has 1 saturated heterocycles. The average Bonchev–Trinajstić information content (AvgIpc) is 2.47. The largest absolute Gasteiger partial charge is 0.462 e. The second-order valence-electron chi connectivity index (χ2n) is 2.46. The monoisotopic (exact) mass is 172 g/mol. The van der Waals surface area contributed by atoms with Gasteiger partial charge in [0.15, 0.2) is 6.10 Å². The van der Waals surface area contributed by atoms with E-state index in [0.29, 0.717) is 19.0 Å². The Labute approximate surface area is 71.1 Å². The molecule has 1 fully saturated rings. The third kappa shape index (κ3) is 2.45. The van der Waals surface area contributed by atoms with E-state index < -0.39 is 0 Å². The summed E-state index contributed by atoms with van der Waals surface area (Å²) in [6, 6.07) is 0. The summed E-state index contributed by atoms with van der Waals surface area (Å²) in [6.45, 7) is 5.86. The first-order valence-electron chi connectivity index (χ1n) is 3.86. The maximum absolute atomic E-state index is 10.7. The quantitative estimate of drug-likeness (QED) is 0.591. The van der Waals surface area contributed by atoms with Gasteiger partial charge in [-0.15, -0.1) is 0 Å². The first kappa shape index (κ1) is 8.90. The number of ether oxygens (including phenoxy) is 3. The van der Waals surface area contributed by atoms with Gasteiger partial charge in [-0.3, -0.25) is 4.79 Å². The first-order valence-corrected chi connectivity index (χ1v) is 3.86. The van der Waals surface area contributed by atoms with Crippen molar-refractivity contribution >= 4 is 5.97 Å². The Bertz CT molecular complexity index is 187. The summed E-state index contributed by atoms with van der Waals surface area (Å²) in [4.78, 5) is 10.7. The zero-order valence-corrected chi connectivity index (χ0v) is 7.04. The lowest BCUT2D eigenvalue weighted by Crippen LogP contribution is -2.19. The molecule has 1 unspecified atom stereocenters. The third-order valence-electron chi connectivity index (χ3n) is 1.45. The Morgan fingerprint density at radius 3 is 3.08 bits per heavy atom. The molecule has 4 heteroatoms. The fourth-order valence-electron chi connectivity index (χ4n) is 0.810. The Hall–Kier alpha value is -1.19. The van der Waals surface area contributed by atoms with Crippen LogP contribution < -0.4 is 0 Å². The zero-order valence-electron chi connectivity index (χ0n) is 7.04. The van der Waals surface area contributed by atoms with Crippen molar-refractivity contribution in [1.29, 1.82) is 0 Å². The number of hydrogen-bond donors (Lipinski definition) is 0. The maximum Gasteiger partial charge on any atom is 0.305 e. The summed E-state index contributed by atoms with van der Waals surface area (Å²) >= 11 is 0. The number of hydrogen-bond acceptors (Lipinski definition) is 4. The number of carbonyl (C=O) groups is 1. The molecule has 68 valence electrons. The molecule has 1 aliphatic rings. The Morgan fingerprint density at radius 2 is 2.58 bits per heavy atom. The molecule has 0 aromatic heterocycles. The van der Waals surface area contributed by atoms with E-state index in [1.165, 1.54) is 0 Å². The van der Waals surface area contributed by atoms with Gasteiger partial charge in [-0.1, -0.05) is 6.92 Å². The molecule has 1 heterocycles. The van der Waals surface area contributed by atoms with Crippen LogP contribution >= 0.6 is 0 Å². The van der Waals surface area contributed by atoms with Crippen molar-refractivity contribution in [2.24, 2.45) is 0 Å². The molecule has 4 nitrogen and oxygen atoms in total. The summed E-state index contributed by atoms with van der Waals surface area (Å²) in [5, 5.41) is 0. The summed E-state index contributed by atoms with van der Waals surface area (Å²) < 4.78 is 14.8. The van der Waals surface area contributed by atoms with E-state index in [0.717, 1.165) is 0 Å². The molecule has 1 aliphatic heterocycles. The van der Waals surface area contributed by atoms with Gasteiger partial charge in [-0.25, -0.2) is 0 Å². The Morgan fingerprint density at radius 1 is 1.83 bits per heavy atom. The lowest BCUT2D eigenvalue weighted by molar-refractivity contribution is -0.145. The SMILES string of the molecule is C=C1OCC(COC(=O)CC)O1. The molecule has 0 aromatic carbocycles. The number of rotatable bonds is 3. The van der Waals surface area contributed by atoms with E-state index in [9.17, 15) is 4.79 Å². The van der Waals surface area contributed by atoms with E-state index in [4.69, 9.17) is 14.2 Å². The fourth-order valence-corrected chi connectivity index (χ4v) is 0.810. The minimum atomic E-state index is -0.226. The zero-order chi connectivity index (χ0) is 8.97. The van der Waals surface area contributed by atoms with Crippen LogP contribution in [0.1, 0.15) is 13.3 Å². The van der Waals surface area contributed by atoms with Crippen molar-refractivity contribution in [3.8, 4) is 0 Å². The summed E-state index contributed by atoms with van der Waals surface area (Å²) in [7, 11) is 0. The van der Waals surface area contributed by atoms with Gasteiger partial charge in [0.1, 0.15) is 13.2 Å². The van der Waals surface area contributed by atoms with Crippen LogP contribution in [0.5, 0.6) is 0 Å². The molecule has 0 N–H and O–H groups in total. The van der Waals surface area contributed by atoms with Crippen LogP contribution in [-0.4, -0.2) is 25.3 Å². The lowest BCUT2D eigenvalue weighted by Gasteiger charge is -2.06. The molecular formula is C8H12O4. The Kier molecular flexibility index (Phi) is 2.96. The van der Waals surface area contributed by atoms with Gasteiger partial charge >= 0.3 is 5.97 Å². The molecule has 0 radical (unpaired) electrons. The van der Waals surface area contributed by atoms with Gasteiger partial charge in [0.05, 0.1) is 0 Å². The normalized spacial score (nSPS) is 21.4. The topological polar surface area (TPSA) is 44.8 Å². The van der Waals surface area contributed by atoms with E-state index >= 15 is 0 Å². The van der Waals surface area contributed by atoms with Crippen LogP contribution in [0, 0.1) is 0 Å². The predicted octanol–water partition coefficient (Wildman–Crippen LogP) is 0.826. The van der Waals surface area contributed by atoms with E-state index in [1.54, 1.807) is 6.92 Å². The molecule has 0 spiro atoms. The Balaban J connectivity index is 2.16. The van der Waals surface area contributed by atoms with Crippen LogP contribution in [0.2, 0.25) is 0 Å². The molecule has 1 atom stereocenters. The van der Waals surface area contributed by atoms with Crippen molar-refractivity contribution in [1.82, 2.24) is 0 Å². The van der Waals surface area contributed by atoms with E-state index in [1.807, 2.05) is 0 Å². The predicted molar refractivity (Wildman–Crippen MR) is 41.2 cm³/mol. The van der Waals surface area contributed by atoms with Gasteiger partial charge in [0.2, 0.25) is 0 Å². The van der Waals surface area contributed by atoms with Crippen LogP contribution in [0.25, 0.3) is 0 Å². The highest BCUT2D eigenvalue weighted by molar-refractivity contribution is 5.68. The summed E-state index contributed by atoms with van der Waals surface area (Å²) in [5.74, 6) is 0.0728. The molecule has 1 rings (SSSR count). The minimum absolute atomic E-state index is 0.187. The maximum atomic E-state index is 10.7. The average molecular weight is 172 g/mol. The van der Waals surface area contributed by atoms with Crippen molar-refractivity contribution in [2.45, 2.75) is 19.4 Å². The van der Waals surface area contributed by atoms with Crippen molar-refractivity contribution < 1.29 is 19.0 Å². The van der Waals surface area contributed by atoms with Crippen molar-refractivity contribution in [2.75, 3.05) is 13.2 Å². The third-order valence-corrected chi connectivity index (χ3v) is 1.45. The highest BCUT2D eigenvalue weighted by atomic mass is 16.7. The van der Waals surface area contributed by atoms with Gasteiger partial charge in [0.25, 0.3) is 5.95 Å². The molecule has 0 saturated carbocycles. The lowest BCUT2D eigenvalue weighted by atomic mass is 10.4. The van der Waals surface area contributed by atoms with Crippen LogP contribution in [-0.2, 0) is 19.0 Å². The van der Waals surface area contributed by atoms with Gasteiger partial charge in [0, 0.05) is 6.42 Å². The second-order valence-corrected chi connectivity index (χ2v) is 2.46. The van der Waals surface area contributed by atoms with Gasteiger partial charge in [-0.05, 0) is 6.58 Å². The molecule has 0 bridgehead atoms. The summed E-state index contributed by atoms with van der Waals surface area (Å²) in [5.41, 5.74) is 0. The molecular weight excluding hydrogens is 160 g/mol. The smallest absolute Gasteiger partial charge is 0.305 e. The van der Waals surface area contributed by atoms with E-state index in [-0.39, 0.29) is 18.7 Å². The summed E-state index contributed by atoms with van der Waals surface area (Å²) in [6.07, 6.45) is 0.196. The van der Waals surface area contributed by atoms with Crippen LogP contribution in [0.3, 0.4) is 0 Å². The van der Waals surface area contributed by atoms with E-state index in [2.05, 4.69) is 6.58 Å². The van der Waals surface area contributed by atoms with Gasteiger partial charge in [-0.2, -0.15) is 0 Å². The molecule has 0 amide bonds. The number of carbonyl (C=O) groups excluding carboxylic acids is 1. The number of esters is 1. The van der Waals surface area contributed by atoms with Crippen LogP contribution in [0.4, 0.5) is 0 Å². The minimum Gasteiger partial charge on any atom is -0.462 e. The second kappa shape index (κ2) is 3.99.